The molecule has 2 aromatic rings. The zero-order chi connectivity index (χ0) is 19.0. The second-order valence-electron chi connectivity index (χ2n) is 7.83. The van der Waals surface area contributed by atoms with Gasteiger partial charge < -0.3 is 15.7 Å². The molecule has 6 nitrogen and oxygen atoms in total. The van der Waals surface area contributed by atoms with Crippen LogP contribution in [0, 0.1) is 12.3 Å². The number of hydrogen-bond donors (Lipinski definition) is 2. The average Bonchev–Trinajstić information content (AvgIpc) is 3.02. The predicted octanol–water partition coefficient (Wildman–Crippen LogP) is 3.09. The van der Waals surface area contributed by atoms with E-state index in [1.807, 2.05) is 13.0 Å². The van der Waals surface area contributed by atoms with E-state index in [1.165, 1.54) is 12.8 Å². The molecule has 3 N–H and O–H groups in total. The van der Waals surface area contributed by atoms with E-state index < -0.39 is 0 Å². The molecule has 1 aliphatic carbocycles. The minimum absolute atomic E-state index is 0.148. The van der Waals surface area contributed by atoms with Gasteiger partial charge in [0.25, 0.3) is 0 Å². The molecule has 27 heavy (non-hydrogen) atoms. The highest BCUT2D eigenvalue weighted by atomic mass is 35.5. The summed E-state index contributed by atoms with van der Waals surface area (Å²) in [5, 5.41) is 10.5. The summed E-state index contributed by atoms with van der Waals surface area (Å²) in [6.45, 7) is 3.61. The van der Waals surface area contributed by atoms with E-state index in [0.717, 1.165) is 49.4 Å². The van der Waals surface area contributed by atoms with Crippen LogP contribution >= 0.6 is 11.6 Å². The molecule has 1 atom stereocenters. The molecule has 4 rings (SSSR count). The van der Waals surface area contributed by atoms with Crippen molar-refractivity contribution in [3.05, 3.63) is 34.9 Å². The lowest BCUT2D eigenvalue weighted by molar-refractivity contribution is 0.196. The van der Waals surface area contributed by atoms with E-state index in [9.17, 15) is 5.11 Å². The zero-order valence-corrected chi connectivity index (χ0v) is 16.4. The Labute approximate surface area is 164 Å². The molecule has 1 saturated heterocycles. The largest absolute Gasteiger partial charge is 0.390 e. The second-order valence-corrected chi connectivity index (χ2v) is 8.26. The Morgan fingerprint density at radius 2 is 2.04 bits per heavy atom. The Bertz CT molecular complexity index is 835. The van der Waals surface area contributed by atoms with Crippen LogP contribution in [0.5, 0.6) is 0 Å². The first-order valence-corrected chi connectivity index (χ1v) is 10.00. The molecule has 0 amide bonds. The molecule has 0 radical (unpaired) electrons. The summed E-state index contributed by atoms with van der Waals surface area (Å²) < 4.78 is 0. The fraction of sp³-hybridized carbons (Fsp3) is 0.550. The van der Waals surface area contributed by atoms with Gasteiger partial charge in [0.05, 0.1) is 23.0 Å². The maximum absolute atomic E-state index is 9.92. The van der Waals surface area contributed by atoms with Crippen molar-refractivity contribution in [2.45, 2.75) is 51.7 Å². The van der Waals surface area contributed by atoms with E-state index in [1.54, 1.807) is 12.4 Å². The van der Waals surface area contributed by atoms with Crippen LogP contribution in [0.4, 0.5) is 5.82 Å². The van der Waals surface area contributed by atoms with Gasteiger partial charge in [0.15, 0.2) is 5.82 Å². The van der Waals surface area contributed by atoms with Crippen molar-refractivity contribution in [2.24, 2.45) is 11.1 Å². The van der Waals surface area contributed by atoms with Crippen molar-refractivity contribution >= 4 is 17.4 Å². The van der Waals surface area contributed by atoms with Gasteiger partial charge in [-0.25, -0.2) is 9.97 Å². The van der Waals surface area contributed by atoms with Crippen LogP contribution in [0.3, 0.4) is 0 Å². The van der Waals surface area contributed by atoms with Crippen LogP contribution in [0.25, 0.3) is 11.3 Å². The smallest absolute Gasteiger partial charge is 0.153 e. The molecule has 0 aromatic carbocycles. The van der Waals surface area contributed by atoms with Crippen LogP contribution < -0.4 is 10.6 Å². The lowest BCUT2D eigenvalue weighted by Crippen LogP contribution is -2.47. The van der Waals surface area contributed by atoms with E-state index >= 15 is 0 Å². The van der Waals surface area contributed by atoms with Gasteiger partial charge in [0, 0.05) is 37.1 Å². The molecule has 0 unspecified atom stereocenters. The molecule has 0 bridgehead atoms. The second kappa shape index (κ2) is 7.34. The van der Waals surface area contributed by atoms with Crippen LogP contribution in [0.1, 0.15) is 43.5 Å². The number of piperidine rings is 1. The minimum Gasteiger partial charge on any atom is -0.390 e. The van der Waals surface area contributed by atoms with Gasteiger partial charge in [0.2, 0.25) is 0 Å². The number of aliphatic hydroxyl groups is 1. The fourth-order valence-electron chi connectivity index (χ4n) is 4.67. The van der Waals surface area contributed by atoms with Crippen LogP contribution in [-0.2, 0) is 6.61 Å². The van der Waals surface area contributed by atoms with Gasteiger partial charge in [-0.2, -0.15) is 0 Å². The Hall–Kier alpha value is -1.76. The van der Waals surface area contributed by atoms with Crippen molar-refractivity contribution in [3.63, 3.8) is 0 Å². The highest BCUT2D eigenvalue weighted by Crippen LogP contribution is 2.46. The van der Waals surface area contributed by atoms with E-state index in [-0.39, 0.29) is 6.61 Å². The number of aliphatic hydroxyl groups excluding tert-OH is 1. The maximum atomic E-state index is 9.92. The van der Waals surface area contributed by atoms with Crippen molar-refractivity contribution in [2.75, 3.05) is 18.0 Å². The Kier molecular flexibility index (Phi) is 5.05. The van der Waals surface area contributed by atoms with Crippen molar-refractivity contribution in [1.29, 1.82) is 0 Å². The van der Waals surface area contributed by atoms with Crippen LogP contribution in [0.2, 0.25) is 5.02 Å². The van der Waals surface area contributed by atoms with Gasteiger partial charge >= 0.3 is 0 Å². The number of nitrogens with zero attached hydrogens (tertiary/aromatic N) is 4. The number of anilines is 1. The van der Waals surface area contributed by atoms with Crippen molar-refractivity contribution < 1.29 is 5.11 Å². The minimum atomic E-state index is -0.148. The Balaban J connectivity index is 1.61. The molecule has 2 aliphatic rings. The summed E-state index contributed by atoms with van der Waals surface area (Å²) in [7, 11) is 0. The highest BCUT2D eigenvalue weighted by molar-refractivity contribution is 6.30. The number of rotatable bonds is 3. The molecule has 144 valence electrons. The molecule has 7 heteroatoms. The van der Waals surface area contributed by atoms with Gasteiger partial charge in [-0.1, -0.05) is 18.0 Å². The van der Waals surface area contributed by atoms with Gasteiger partial charge in [-0.15, -0.1) is 0 Å². The van der Waals surface area contributed by atoms with Crippen LogP contribution in [-0.4, -0.2) is 39.2 Å². The molecule has 1 saturated carbocycles. The molecular weight excluding hydrogens is 362 g/mol. The van der Waals surface area contributed by atoms with E-state index in [0.29, 0.717) is 27.9 Å². The third-order valence-corrected chi connectivity index (χ3v) is 6.49. The van der Waals surface area contributed by atoms with Crippen LogP contribution in [0.15, 0.2) is 18.5 Å². The highest BCUT2D eigenvalue weighted by Gasteiger charge is 2.43. The third kappa shape index (κ3) is 3.42. The summed E-state index contributed by atoms with van der Waals surface area (Å²) in [5.74, 6) is 0.787. The third-order valence-electron chi connectivity index (χ3n) is 6.28. The molecule has 3 heterocycles. The number of pyridine rings is 1. The van der Waals surface area contributed by atoms with Gasteiger partial charge in [-0.3, -0.25) is 4.98 Å². The summed E-state index contributed by atoms with van der Waals surface area (Å²) in [6.07, 6.45) is 9.09. The molecule has 2 fully saturated rings. The SMILES string of the molecule is Cc1nc(N2CCC3(CCC[C@H]3N)CC2)c(CO)nc1-c1cncc(Cl)c1. The summed E-state index contributed by atoms with van der Waals surface area (Å²) >= 11 is 6.07. The molecule has 2 aromatic heterocycles. The molecular formula is C20H26ClN5O. The lowest BCUT2D eigenvalue weighted by Gasteiger charge is -2.42. The number of aryl methyl sites for hydroxylation is 1. The monoisotopic (exact) mass is 387 g/mol. The van der Waals surface area contributed by atoms with E-state index in [4.69, 9.17) is 27.3 Å². The molecule has 1 aliphatic heterocycles. The quantitative estimate of drug-likeness (QED) is 0.841. The zero-order valence-electron chi connectivity index (χ0n) is 15.7. The van der Waals surface area contributed by atoms with E-state index in [2.05, 4.69) is 9.88 Å². The first-order valence-electron chi connectivity index (χ1n) is 9.62. The van der Waals surface area contributed by atoms with Gasteiger partial charge in [-0.05, 0) is 44.1 Å². The summed E-state index contributed by atoms with van der Waals surface area (Å²) in [4.78, 5) is 15.9. The summed E-state index contributed by atoms with van der Waals surface area (Å²) in [6, 6.07) is 2.14. The first kappa shape index (κ1) is 18.6. The summed E-state index contributed by atoms with van der Waals surface area (Å²) in [5.41, 5.74) is 9.63. The lowest BCUT2D eigenvalue weighted by atomic mass is 9.74. The number of nitrogens with two attached hydrogens (primary N) is 1. The Morgan fingerprint density at radius 3 is 2.67 bits per heavy atom. The predicted molar refractivity (Wildman–Crippen MR) is 107 cm³/mol. The standard InChI is InChI=1S/C20H26ClN5O/c1-13-18(14-9-15(21)11-23-10-14)25-16(12-27)19(24-13)26-7-5-20(6-8-26)4-2-3-17(20)22/h9-11,17,27H,2-8,12,22H2,1H3/t17-/m1/s1. The number of hydrogen-bond acceptors (Lipinski definition) is 6. The maximum Gasteiger partial charge on any atom is 0.153 e. The van der Waals surface area contributed by atoms with Gasteiger partial charge in [0.1, 0.15) is 5.69 Å². The molecule has 1 spiro atoms. The first-order chi connectivity index (χ1) is 13.0. The van der Waals surface area contributed by atoms with Crippen molar-refractivity contribution in [3.8, 4) is 11.3 Å². The normalized spacial score (nSPS) is 21.8. The fourth-order valence-corrected chi connectivity index (χ4v) is 4.84. The topological polar surface area (TPSA) is 88.2 Å². The number of halogens is 1. The van der Waals surface area contributed by atoms with Crippen molar-refractivity contribution in [1.82, 2.24) is 15.0 Å². The number of aromatic nitrogens is 3. The average molecular weight is 388 g/mol. The Morgan fingerprint density at radius 1 is 1.26 bits per heavy atom.